The van der Waals surface area contributed by atoms with E-state index in [1.807, 2.05) is 20.8 Å². The van der Waals surface area contributed by atoms with E-state index < -0.39 is 5.41 Å². The summed E-state index contributed by atoms with van der Waals surface area (Å²) in [5, 5.41) is 2.84. The second kappa shape index (κ2) is 7.43. The van der Waals surface area contributed by atoms with E-state index in [-0.39, 0.29) is 17.6 Å². The number of rotatable bonds is 8. The largest absolute Gasteiger partial charge is 0.355 e. The molecular formula is C13H26N2O2. The Bertz CT molecular complexity index is 262. The summed E-state index contributed by atoms with van der Waals surface area (Å²) < 4.78 is 0. The van der Waals surface area contributed by atoms with Crippen LogP contribution in [0.2, 0.25) is 0 Å². The highest BCUT2D eigenvalue weighted by Crippen LogP contribution is 2.15. The Balaban J connectivity index is 3.97. The average Bonchev–Trinajstić information content (AvgIpc) is 2.26. The second-order valence-electron chi connectivity index (χ2n) is 5.34. The molecule has 0 aliphatic carbocycles. The first-order chi connectivity index (χ1) is 7.81. The van der Waals surface area contributed by atoms with Crippen molar-refractivity contribution >= 4 is 11.7 Å². The van der Waals surface area contributed by atoms with Crippen molar-refractivity contribution < 1.29 is 9.59 Å². The van der Waals surface area contributed by atoms with Crippen LogP contribution in [0.5, 0.6) is 0 Å². The van der Waals surface area contributed by atoms with Crippen molar-refractivity contribution in [2.45, 2.75) is 47.0 Å². The molecule has 100 valence electrons. The van der Waals surface area contributed by atoms with Crippen molar-refractivity contribution in [2.75, 3.05) is 13.1 Å². The number of carbonyl (C=O) groups is 2. The van der Waals surface area contributed by atoms with Gasteiger partial charge in [-0.3, -0.25) is 9.59 Å². The van der Waals surface area contributed by atoms with Crippen molar-refractivity contribution in [3.63, 3.8) is 0 Å². The SMILES string of the molecule is CC(=O)C(C)(C)CNC(=O)[C@@H](C)CCCCN. The summed E-state index contributed by atoms with van der Waals surface area (Å²) in [4.78, 5) is 23.0. The molecule has 0 heterocycles. The van der Waals surface area contributed by atoms with Crippen molar-refractivity contribution in [3.8, 4) is 0 Å². The molecule has 17 heavy (non-hydrogen) atoms. The summed E-state index contributed by atoms with van der Waals surface area (Å²) in [5.41, 5.74) is 4.92. The molecule has 0 rings (SSSR count). The number of nitrogens with two attached hydrogens (primary N) is 1. The molecule has 0 fully saturated rings. The van der Waals surface area contributed by atoms with Crippen LogP contribution in [-0.2, 0) is 9.59 Å². The Morgan fingerprint density at radius 1 is 1.29 bits per heavy atom. The minimum Gasteiger partial charge on any atom is -0.355 e. The van der Waals surface area contributed by atoms with Crippen LogP contribution in [0.25, 0.3) is 0 Å². The van der Waals surface area contributed by atoms with Gasteiger partial charge in [-0.1, -0.05) is 27.2 Å². The number of hydrogen-bond acceptors (Lipinski definition) is 3. The van der Waals surface area contributed by atoms with Gasteiger partial charge in [-0.15, -0.1) is 0 Å². The zero-order chi connectivity index (χ0) is 13.5. The van der Waals surface area contributed by atoms with Gasteiger partial charge in [0, 0.05) is 17.9 Å². The minimum atomic E-state index is -0.480. The number of nitrogens with one attached hydrogen (secondary N) is 1. The predicted octanol–water partition coefficient (Wildman–Crippen LogP) is 1.48. The number of carbonyl (C=O) groups excluding carboxylic acids is 2. The molecule has 0 aromatic carbocycles. The van der Waals surface area contributed by atoms with Gasteiger partial charge in [-0.05, 0) is 26.3 Å². The van der Waals surface area contributed by atoms with Crippen LogP contribution in [0.15, 0.2) is 0 Å². The fourth-order valence-corrected chi connectivity index (χ4v) is 1.33. The van der Waals surface area contributed by atoms with Crippen molar-refractivity contribution in [2.24, 2.45) is 17.1 Å². The van der Waals surface area contributed by atoms with Gasteiger partial charge in [-0.25, -0.2) is 0 Å². The van der Waals surface area contributed by atoms with Crippen LogP contribution in [0, 0.1) is 11.3 Å². The number of ketones is 1. The first-order valence-corrected chi connectivity index (χ1v) is 6.30. The second-order valence-corrected chi connectivity index (χ2v) is 5.34. The number of unbranched alkanes of at least 4 members (excludes halogenated alkanes) is 1. The molecule has 4 heteroatoms. The molecule has 0 aromatic rings. The van der Waals surface area contributed by atoms with Crippen LogP contribution in [0.4, 0.5) is 0 Å². The minimum absolute atomic E-state index is 0.00990. The molecule has 0 bridgehead atoms. The standard InChI is InChI=1S/C13H26N2O2/c1-10(7-5-6-8-14)12(17)15-9-13(3,4)11(2)16/h10H,5-9,14H2,1-4H3,(H,15,17)/t10-/m0/s1. The Kier molecular flexibility index (Phi) is 7.04. The van der Waals surface area contributed by atoms with E-state index in [1.165, 1.54) is 0 Å². The van der Waals surface area contributed by atoms with E-state index in [0.717, 1.165) is 19.3 Å². The Morgan fingerprint density at radius 3 is 2.35 bits per heavy atom. The van der Waals surface area contributed by atoms with Gasteiger partial charge in [0.1, 0.15) is 5.78 Å². The van der Waals surface area contributed by atoms with Gasteiger partial charge in [0.05, 0.1) is 0 Å². The maximum atomic E-state index is 11.8. The zero-order valence-corrected chi connectivity index (χ0v) is 11.5. The topological polar surface area (TPSA) is 72.2 Å². The molecule has 0 radical (unpaired) electrons. The van der Waals surface area contributed by atoms with Crippen LogP contribution in [0.1, 0.15) is 47.0 Å². The van der Waals surface area contributed by atoms with Crippen molar-refractivity contribution in [1.82, 2.24) is 5.32 Å². The summed E-state index contributed by atoms with van der Waals surface area (Å²) in [6.45, 7) is 8.22. The summed E-state index contributed by atoms with van der Waals surface area (Å²) in [6.07, 6.45) is 2.78. The van der Waals surface area contributed by atoms with Gasteiger partial charge < -0.3 is 11.1 Å². The molecule has 1 atom stereocenters. The van der Waals surface area contributed by atoms with Crippen LogP contribution in [0.3, 0.4) is 0 Å². The Labute approximate surface area is 104 Å². The van der Waals surface area contributed by atoms with Crippen molar-refractivity contribution in [3.05, 3.63) is 0 Å². The smallest absolute Gasteiger partial charge is 0.222 e. The molecule has 4 nitrogen and oxygen atoms in total. The Morgan fingerprint density at radius 2 is 1.88 bits per heavy atom. The molecule has 0 aliphatic rings. The lowest BCUT2D eigenvalue weighted by Crippen LogP contribution is -2.40. The van der Waals surface area contributed by atoms with Crippen LogP contribution in [-0.4, -0.2) is 24.8 Å². The highest BCUT2D eigenvalue weighted by atomic mass is 16.2. The monoisotopic (exact) mass is 242 g/mol. The van der Waals surface area contributed by atoms with E-state index in [9.17, 15) is 9.59 Å². The summed E-state index contributed by atoms with van der Waals surface area (Å²) in [7, 11) is 0. The first-order valence-electron chi connectivity index (χ1n) is 6.30. The fraction of sp³-hybridized carbons (Fsp3) is 0.846. The number of amides is 1. The van der Waals surface area contributed by atoms with Gasteiger partial charge in [0.25, 0.3) is 0 Å². The molecule has 1 amide bonds. The first kappa shape index (κ1) is 16.1. The van der Waals surface area contributed by atoms with E-state index in [0.29, 0.717) is 13.1 Å². The maximum absolute atomic E-state index is 11.8. The third kappa shape index (κ3) is 6.41. The lowest BCUT2D eigenvalue weighted by molar-refractivity contribution is -0.127. The van der Waals surface area contributed by atoms with Gasteiger partial charge in [-0.2, -0.15) is 0 Å². The summed E-state index contributed by atoms with van der Waals surface area (Å²) in [5.74, 6) is 0.106. The third-order valence-corrected chi connectivity index (χ3v) is 3.20. The van der Waals surface area contributed by atoms with E-state index in [4.69, 9.17) is 5.73 Å². The van der Waals surface area contributed by atoms with Gasteiger partial charge in [0.2, 0.25) is 5.91 Å². The summed E-state index contributed by atoms with van der Waals surface area (Å²) in [6, 6.07) is 0. The maximum Gasteiger partial charge on any atom is 0.222 e. The zero-order valence-electron chi connectivity index (χ0n) is 11.5. The Hall–Kier alpha value is -0.900. The van der Waals surface area contributed by atoms with Crippen LogP contribution < -0.4 is 11.1 Å². The predicted molar refractivity (Wildman–Crippen MR) is 69.5 cm³/mol. The number of Topliss-reactive ketones (excluding diaryl/α,β-unsaturated/α-hetero) is 1. The normalized spacial score (nSPS) is 13.2. The van der Waals surface area contributed by atoms with E-state index in [2.05, 4.69) is 5.32 Å². The van der Waals surface area contributed by atoms with E-state index >= 15 is 0 Å². The van der Waals surface area contributed by atoms with Gasteiger partial charge >= 0.3 is 0 Å². The average molecular weight is 242 g/mol. The van der Waals surface area contributed by atoms with Crippen LogP contribution >= 0.6 is 0 Å². The molecule has 0 unspecified atom stereocenters. The highest BCUT2D eigenvalue weighted by molar-refractivity contribution is 5.83. The molecule has 0 aromatic heterocycles. The molecule has 3 N–H and O–H groups in total. The lowest BCUT2D eigenvalue weighted by atomic mass is 9.88. The number of hydrogen-bond donors (Lipinski definition) is 2. The van der Waals surface area contributed by atoms with Crippen molar-refractivity contribution in [1.29, 1.82) is 0 Å². The van der Waals surface area contributed by atoms with Gasteiger partial charge in [0.15, 0.2) is 0 Å². The quantitative estimate of drug-likeness (QED) is 0.633. The molecule has 0 saturated heterocycles. The molecular weight excluding hydrogens is 216 g/mol. The third-order valence-electron chi connectivity index (χ3n) is 3.20. The molecule has 0 aliphatic heterocycles. The lowest BCUT2D eigenvalue weighted by Gasteiger charge is -2.22. The molecule has 0 spiro atoms. The van der Waals surface area contributed by atoms with E-state index in [1.54, 1.807) is 6.92 Å². The molecule has 0 saturated carbocycles. The highest BCUT2D eigenvalue weighted by Gasteiger charge is 2.25. The summed E-state index contributed by atoms with van der Waals surface area (Å²) >= 11 is 0. The fourth-order valence-electron chi connectivity index (χ4n) is 1.33.